The van der Waals surface area contributed by atoms with Crippen molar-refractivity contribution in [1.82, 2.24) is 10.2 Å². The predicted molar refractivity (Wildman–Crippen MR) is 135 cm³/mol. The molecule has 0 bridgehead atoms. The van der Waals surface area contributed by atoms with Crippen LogP contribution in [-0.2, 0) is 19.9 Å². The molecule has 1 unspecified atom stereocenters. The van der Waals surface area contributed by atoms with Gasteiger partial charge in [-0.25, -0.2) is 0 Å². The Bertz CT molecular complexity index is 1160. The Morgan fingerprint density at radius 3 is 2.29 bits per heavy atom. The number of para-hydroxylation sites is 1. The zero-order chi connectivity index (χ0) is 27.0. The number of likely N-dealkylation sites (tertiary alicyclic amines) is 1. The third kappa shape index (κ3) is 4.55. The van der Waals surface area contributed by atoms with E-state index in [1.54, 1.807) is 6.07 Å². The predicted octanol–water partition coefficient (Wildman–Crippen LogP) is 4.93. The first kappa shape index (κ1) is 26.5. The van der Waals surface area contributed by atoms with Crippen molar-refractivity contribution in [3.05, 3.63) is 65.7 Å². The summed E-state index contributed by atoms with van der Waals surface area (Å²) in [5.41, 5.74) is -2.83. The molecule has 1 saturated carbocycles. The lowest BCUT2D eigenvalue weighted by molar-refractivity contribution is -0.271. The van der Waals surface area contributed by atoms with Crippen LogP contribution in [0.2, 0.25) is 0 Å². The van der Waals surface area contributed by atoms with Crippen molar-refractivity contribution in [3.63, 3.8) is 0 Å². The lowest BCUT2D eigenvalue weighted by Crippen LogP contribution is -2.60. The van der Waals surface area contributed by atoms with Crippen molar-refractivity contribution >= 4 is 11.8 Å². The smallest absolute Gasteiger partial charge is 0.430 e. The normalized spacial score (nSPS) is 23.3. The van der Waals surface area contributed by atoms with Gasteiger partial charge in [0.15, 0.2) is 0 Å². The van der Waals surface area contributed by atoms with E-state index in [1.165, 1.54) is 29.2 Å². The van der Waals surface area contributed by atoms with Crippen molar-refractivity contribution in [3.8, 4) is 5.75 Å². The molecule has 38 heavy (non-hydrogen) atoms. The van der Waals surface area contributed by atoms with Gasteiger partial charge >= 0.3 is 6.18 Å². The van der Waals surface area contributed by atoms with E-state index in [9.17, 15) is 22.8 Å². The molecular weight excluding hydrogens is 497 g/mol. The van der Waals surface area contributed by atoms with Crippen LogP contribution in [-0.4, -0.2) is 55.7 Å². The number of carbonyl (C=O) groups is 2. The van der Waals surface area contributed by atoms with E-state index in [1.807, 2.05) is 24.3 Å². The van der Waals surface area contributed by atoms with Crippen molar-refractivity contribution < 1.29 is 32.2 Å². The summed E-state index contributed by atoms with van der Waals surface area (Å²) >= 11 is 0. The summed E-state index contributed by atoms with van der Waals surface area (Å²) in [6.45, 7) is 0.622. The van der Waals surface area contributed by atoms with E-state index in [0.717, 1.165) is 37.7 Å². The number of alkyl halides is 3. The molecule has 2 aromatic carbocycles. The SMILES string of the molecule is CO[C@@](C(=O)N1CCC2(CC1)CC(=O)NCC2c1ccccc1OC1CCC1)(c1ccccc1)C(F)(F)F. The van der Waals surface area contributed by atoms with Crippen LogP contribution in [0.4, 0.5) is 13.2 Å². The third-order valence-corrected chi connectivity index (χ3v) is 8.63. The molecule has 1 N–H and O–H groups in total. The number of benzene rings is 2. The lowest BCUT2D eigenvalue weighted by atomic mass is 9.62. The zero-order valence-corrected chi connectivity index (χ0v) is 21.4. The number of piperidine rings is 2. The minimum Gasteiger partial charge on any atom is -0.490 e. The topological polar surface area (TPSA) is 67.9 Å². The van der Waals surface area contributed by atoms with E-state index in [4.69, 9.17) is 9.47 Å². The Morgan fingerprint density at radius 1 is 1.03 bits per heavy atom. The molecule has 9 heteroatoms. The van der Waals surface area contributed by atoms with Gasteiger partial charge in [-0.2, -0.15) is 13.2 Å². The molecule has 0 radical (unpaired) electrons. The van der Waals surface area contributed by atoms with Gasteiger partial charge in [0.1, 0.15) is 5.75 Å². The van der Waals surface area contributed by atoms with Gasteiger partial charge in [0, 0.05) is 44.6 Å². The molecule has 3 aliphatic rings. The van der Waals surface area contributed by atoms with Gasteiger partial charge < -0.3 is 19.7 Å². The first-order valence-electron chi connectivity index (χ1n) is 13.2. The van der Waals surface area contributed by atoms with Crippen molar-refractivity contribution in [2.75, 3.05) is 26.7 Å². The number of amides is 2. The molecule has 204 valence electrons. The van der Waals surface area contributed by atoms with Gasteiger partial charge in [-0.05, 0) is 49.1 Å². The van der Waals surface area contributed by atoms with Crippen LogP contribution < -0.4 is 10.1 Å². The molecule has 2 aromatic rings. The molecule has 0 aromatic heterocycles. The number of rotatable bonds is 6. The Hall–Kier alpha value is -3.07. The van der Waals surface area contributed by atoms with E-state index in [-0.39, 0.29) is 43.0 Å². The number of nitrogens with zero attached hydrogens (tertiary/aromatic N) is 1. The summed E-state index contributed by atoms with van der Waals surface area (Å²) in [5.74, 6) is -0.475. The molecule has 1 aliphatic carbocycles. The summed E-state index contributed by atoms with van der Waals surface area (Å²) in [4.78, 5) is 27.4. The second kappa shape index (κ2) is 10.2. The lowest BCUT2D eigenvalue weighted by Gasteiger charge is -2.50. The number of nitrogens with one attached hydrogen (secondary N) is 1. The molecule has 2 aliphatic heterocycles. The molecular formula is C29H33F3N2O4. The number of methoxy groups -OCH3 is 1. The highest BCUT2D eigenvalue weighted by molar-refractivity contribution is 5.88. The Kier molecular flexibility index (Phi) is 7.15. The molecule has 2 heterocycles. The summed E-state index contributed by atoms with van der Waals surface area (Å²) < 4.78 is 54.8. The quantitative estimate of drug-likeness (QED) is 0.575. The van der Waals surface area contributed by atoms with Crippen LogP contribution in [0.1, 0.15) is 55.6 Å². The largest absolute Gasteiger partial charge is 0.490 e. The van der Waals surface area contributed by atoms with Crippen LogP contribution in [0, 0.1) is 5.41 Å². The third-order valence-electron chi connectivity index (χ3n) is 8.63. The van der Waals surface area contributed by atoms with Gasteiger partial charge in [-0.1, -0.05) is 48.5 Å². The standard InChI is InChI=1S/C29H33F3N2O4/c1-37-28(29(30,31)32,20-8-3-2-4-9-20)26(36)34-16-14-27(15-17-34)18-25(35)33-19-23(27)22-12-5-6-13-24(22)38-21-10-7-11-21/h2-6,8-9,12-13,21,23H,7,10-11,14-19H2,1H3,(H,33,35)/t23?,28-/m1/s1. The molecule has 2 amide bonds. The van der Waals surface area contributed by atoms with E-state index in [2.05, 4.69) is 5.32 Å². The highest BCUT2D eigenvalue weighted by Crippen LogP contribution is 2.52. The molecule has 6 nitrogen and oxygen atoms in total. The van der Waals surface area contributed by atoms with Crippen LogP contribution >= 0.6 is 0 Å². The molecule has 5 rings (SSSR count). The summed E-state index contributed by atoms with van der Waals surface area (Å²) in [6.07, 6.45) is -0.538. The maximum atomic E-state index is 14.5. The second-order valence-electron chi connectivity index (χ2n) is 10.6. The number of halogens is 3. The zero-order valence-electron chi connectivity index (χ0n) is 21.4. The summed E-state index contributed by atoms with van der Waals surface area (Å²) in [7, 11) is 0.921. The van der Waals surface area contributed by atoms with Crippen LogP contribution in [0.5, 0.6) is 5.75 Å². The van der Waals surface area contributed by atoms with Gasteiger partial charge in [0.25, 0.3) is 11.5 Å². The molecule has 2 atom stereocenters. The van der Waals surface area contributed by atoms with Crippen LogP contribution in [0.25, 0.3) is 0 Å². The van der Waals surface area contributed by atoms with E-state index >= 15 is 0 Å². The van der Waals surface area contributed by atoms with Crippen molar-refractivity contribution in [2.45, 2.75) is 62.3 Å². The minimum atomic E-state index is -4.96. The first-order valence-corrected chi connectivity index (χ1v) is 13.2. The Morgan fingerprint density at radius 2 is 1.68 bits per heavy atom. The molecule has 3 fully saturated rings. The maximum Gasteiger partial charge on any atom is 0.430 e. The van der Waals surface area contributed by atoms with Crippen molar-refractivity contribution in [2.24, 2.45) is 5.41 Å². The van der Waals surface area contributed by atoms with E-state index in [0.29, 0.717) is 19.4 Å². The van der Waals surface area contributed by atoms with Crippen LogP contribution in [0.3, 0.4) is 0 Å². The van der Waals surface area contributed by atoms with Crippen molar-refractivity contribution in [1.29, 1.82) is 0 Å². The Balaban J connectivity index is 1.41. The highest BCUT2D eigenvalue weighted by Gasteiger charge is 2.64. The summed E-state index contributed by atoms with van der Waals surface area (Å²) in [6, 6.07) is 14.9. The minimum absolute atomic E-state index is 0.0716. The van der Waals surface area contributed by atoms with Gasteiger partial charge in [-0.15, -0.1) is 0 Å². The maximum absolute atomic E-state index is 14.5. The molecule has 1 spiro atoms. The number of hydrogen-bond acceptors (Lipinski definition) is 4. The van der Waals surface area contributed by atoms with Gasteiger partial charge in [0.05, 0.1) is 6.10 Å². The second-order valence-corrected chi connectivity index (χ2v) is 10.6. The van der Waals surface area contributed by atoms with Gasteiger partial charge in [0.2, 0.25) is 5.91 Å². The van der Waals surface area contributed by atoms with Gasteiger partial charge in [-0.3, -0.25) is 9.59 Å². The first-order chi connectivity index (χ1) is 18.2. The average Bonchev–Trinajstić information content (AvgIpc) is 2.88. The number of hydrogen-bond donors (Lipinski definition) is 1. The monoisotopic (exact) mass is 530 g/mol. The Labute approximate surface area is 220 Å². The fourth-order valence-electron chi connectivity index (χ4n) is 6.23. The average molecular weight is 531 g/mol. The summed E-state index contributed by atoms with van der Waals surface area (Å²) in [5, 5.41) is 2.98. The number of ether oxygens (including phenoxy) is 2. The molecule has 2 saturated heterocycles. The van der Waals surface area contributed by atoms with Crippen LogP contribution in [0.15, 0.2) is 54.6 Å². The highest BCUT2D eigenvalue weighted by atomic mass is 19.4. The fraction of sp³-hybridized carbons (Fsp3) is 0.517. The van der Waals surface area contributed by atoms with E-state index < -0.39 is 23.1 Å². The fourth-order valence-corrected chi connectivity index (χ4v) is 6.23. The number of carbonyl (C=O) groups excluding carboxylic acids is 2.